The van der Waals surface area contributed by atoms with E-state index >= 15 is 4.39 Å². The van der Waals surface area contributed by atoms with Gasteiger partial charge in [-0.15, -0.1) is 0 Å². The van der Waals surface area contributed by atoms with Gasteiger partial charge < -0.3 is 0 Å². The molecular weight excluding hydrogens is 400 g/mol. The quantitative estimate of drug-likeness (QED) is 0.301. The largest absolute Gasteiger partial charge is 0.206 e. The highest BCUT2D eigenvalue weighted by Gasteiger charge is 2.26. The number of benzene rings is 3. The first-order chi connectivity index (χ1) is 13.9. The van der Waals surface area contributed by atoms with Crippen LogP contribution in [0, 0.1) is 23.3 Å². The Bertz CT molecular complexity index is 1080. The van der Waals surface area contributed by atoms with Crippen LogP contribution >= 0.6 is 11.6 Å². The molecule has 0 bridgehead atoms. The fourth-order valence-electron chi connectivity index (χ4n) is 4.02. The predicted octanol–water partition coefficient (Wildman–Crippen LogP) is 7.67. The minimum Gasteiger partial charge on any atom is -0.206 e. The lowest BCUT2D eigenvalue weighted by Gasteiger charge is -2.23. The Hall–Kier alpha value is -2.33. The molecule has 150 valence electrons. The van der Waals surface area contributed by atoms with Crippen LogP contribution in [0.2, 0.25) is 5.02 Å². The number of halogens is 5. The molecule has 0 unspecified atom stereocenters. The van der Waals surface area contributed by atoms with Gasteiger partial charge in [-0.3, -0.25) is 0 Å². The van der Waals surface area contributed by atoms with Crippen LogP contribution in [0.3, 0.4) is 0 Å². The number of hydrogen-bond donors (Lipinski definition) is 0. The number of hydrogen-bond acceptors (Lipinski definition) is 0. The predicted molar refractivity (Wildman–Crippen MR) is 108 cm³/mol. The van der Waals surface area contributed by atoms with Gasteiger partial charge in [-0.05, 0) is 77.3 Å². The first-order valence-corrected chi connectivity index (χ1v) is 10.1. The molecule has 0 atom stereocenters. The van der Waals surface area contributed by atoms with E-state index in [1.807, 2.05) is 12.1 Å². The third-order valence-corrected chi connectivity index (χ3v) is 5.88. The van der Waals surface area contributed by atoms with Crippen molar-refractivity contribution in [2.24, 2.45) is 0 Å². The fraction of sp³-hybridized carbons (Fsp3) is 0.250. The Kier molecular flexibility index (Phi) is 5.39. The lowest BCUT2D eigenvalue weighted by molar-refractivity contribution is 0.572. The molecule has 0 N–H and O–H groups in total. The van der Waals surface area contributed by atoms with Gasteiger partial charge in [-0.2, -0.15) is 0 Å². The highest BCUT2D eigenvalue weighted by atomic mass is 35.5. The Morgan fingerprint density at radius 2 is 1.59 bits per heavy atom. The second-order valence-corrected chi connectivity index (χ2v) is 7.80. The van der Waals surface area contributed by atoms with Crippen molar-refractivity contribution < 1.29 is 17.6 Å². The van der Waals surface area contributed by atoms with Crippen LogP contribution in [0.4, 0.5) is 17.6 Å². The van der Waals surface area contributed by atoms with Gasteiger partial charge in [-0.25, -0.2) is 17.6 Å². The van der Waals surface area contributed by atoms with Crippen molar-refractivity contribution in [2.45, 2.75) is 39.0 Å². The van der Waals surface area contributed by atoms with Crippen molar-refractivity contribution in [3.05, 3.63) is 81.4 Å². The summed E-state index contributed by atoms with van der Waals surface area (Å²) in [5.41, 5.74) is 3.33. The van der Waals surface area contributed by atoms with Crippen molar-refractivity contribution in [1.82, 2.24) is 0 Å². The van der Waals surface area contributed by atoms with Gasteiger partial charge in [0.25, 0.3) is 0 Å². The molecule has 4 rings (SSSR count). The summed E-state index contributed by atoms with van der Waals surface area (Å²) in [6.45, 7) is 2.14. The van der Waals surface area contributed by atoms with Crippen LogP contribution in [-0.2, 0) is 19.3 Å². The molecule has 0 spiro atoms. The lowest BCUT2D eigenvalue weighted by Crippen LogP contribution is -2.09. The van der Waals surface area contributed by atoms with Crippen molar-refractivity contribution in [3.63, 3.8) is 0 Å². The summed E-state index contributed by atoms with van der Waals surface area (Å²) in [5.74, 6) is -3.74. The number of unbranched alkanes of at least 4 members (excludes halogenated alkanes) is 1. The van der Waals surface area contributed by atoms with E-state index in [-0.39, 0.29) is 5.56 Å². The number of rotatable bonds is 4. The van der Waals surface area contributed by atoms with Crippen LogP contribution in [0.5, 0.6) is 0 Å². The van der Waals surface area contributed by atoms with Gasteiger partial charge >= 0.3 is 0 Å². The molecular formula is C24H19ClF4. The summed E-state index contributed by atoms with van der Waals surface area (Å²) in [6, 6.07) is 9.01. The molecule has 0 heterocycles. The maximum Gasteiger partial charge on any atom is 0.145 e. The fourth-order valence-corrected chi connectivity index (χ4v) is 4.13. The molecule has 0 aliphatic heterocycles. The average Bonchev–Trinajstić information content (AvgIpc) is 2.70. The summed E-state index contributed by atoms with van der Waals surface area (Å²) >= 11 is 5.50. The highest BCUT2D eigenvalue weighted by Crippen LogP contribution is 2.41. The maximum absolute atomic E-state index is 15.3. The van der Waals surface area contributed by atoms with Crippen LogP contribution in [0.15, 0.2) is 36.4 Å². The minimum absolute atomic E-state index is 0.206. The van der Waals surface area contributed by atoms with E-state index in [2.05, 4.69) is 13.0 Å². The molecule has 0 saturated heterocycles. The van der Waals surface area contributed by atoms with Crippen LogP contribution in [0.1, 0.15) is 36.5 Å². The Balaban J connectivity index is 1.83. The van der Waals surface area contributed by atoms with Crippen LogP contribution < -0.4 is 0 Å². The third-order valence-electron chi connectivity index (χ3n) is 5.52. The van der Waals surface area contributed by atoms with E-state index in [9.17, 15) is 13.2 Å². The van der Waals surface area contributed by atoms with E-state index in [4.69, 9.17) is 11.6 Å². The molecule has 1 aliphatic carbocycles. The molecule has 0 aromatic heterocycles. The maximum atomic E-state index is 15.3. The zero-order chi connectivity index (χ0) is 20.7. The molecule has 0 nitrogen and oxygen atoms in total. The van der Waals surface area contributed by atoms with Gasteiger partial charge in [0.05, 0.1) is 5.56 Å². The van der Waals surface area contributed by atoms with E-state index in [1.54, 1.807) is 0 Å². The summed E-state index contributed by atoms with van der Waals surface area (Å²) in [7, 11) is 0. The second-order valence-electron chi connectivity index (χ2n) is 7.42. The highest BCUT2D eigenvalue weighted by molar-refractivity contribution is 6.31. The van der Waals surface area contributed by atoms with E-state index in [0.717, 1.165) is 42.5 Å². The average molecular weight is 419 g/mol. The Morgan fingerprint density at radius 1 is 0.862 bits per heavy atom. The summed E-state index contributed by atoms with van der Waals surface area (Å²) in [6.07, 6.45) is 4.21. The van der Waals surface area contributed by atoms with Gasteiger partial charge in [0, 0.05) is 0 Å². The van der Waals surface area contributed by atoms with Gasteiger partial charge in [-0.1, -0.05) is 43.1 Å². The van der Waals surface area contributed by atoms with Crippen molar-refractivity contribution in [1.29, 1.82) is 0 Å². The molecule has 1 aliphatic rings. The van der Waals surface area contributed by atoms with Gasteiger partial charge in [0.15, 0.2) is 0 Å². The van der Waals surface area contributed by atoms with Crippen LogP contribution in [-0.4, -0.2) is 0 Å². The standard InChI is InChI=1S/C24H19ClF4/c1-2-3-4-13-5-7-16-14(9-13)6-8-17-18(16)12-19(26)22(24(17)29)15-10-20(27)23(25)21(28)11-15/h5,7,9-12H,2-4,6,8H2,1H3. The van der Waals surface area contributed by atoms with Gasteiger partial charge in [0.1, 0.15) is 28.3 Å². The van der Waals surface area contributed by atoms with E-state index in [1.165, 1.54) is 11.6 Å². The molecule has 0 fully saturated rings. The van der Waals surface area contributed by atoms with E-state index in [0.29, 0.717) is 24.0 Å². The molecule has 0 radical (unpaired) electrons. The monoisotopic (exact) mass is 418 g/mol. The summed E-state index contributed by atoms with van der Waals surface area (Å²) < 4.78 is 57.9. The lowest BCUT2D eigenvalue weighted by atomic mass is 9.82. The van der Waals surface area contributed by atoms with Crippen LogP contribution in [0.25, 0.3) is 22.3 Å². The Morgan fingerprint density at radius 3 is 2.28 bits per heavy atom. The summed E-state index contributed by atoms with van der Waals surface area (Å²) in [4.78, 5) is 0. The zero-order valence-corrected chi connectivity index (χ0v) is 16.6. The normalized spacial score (nSPS) is 12.6. The first-order valence-electron chi connectivity index (χ1n) is 9.68. The Labute approximate surface area is 172 Å². The molecule has 0 amide bonds. The number of aryl methyl sites for hydroxylation is 2. The SMILES string of the molecule is CCCCc1ccc2c(c1)CCc1c-2cc(F)c(-c2cc(F)c(Cl)c(F)c2)c1F. The third kappa shape index (κ3) is 3.55. The molecule has 3 aromatic carbocycles. The topological polar surface area (TPSA) is 0 Å². The molecule has 29 heavy (non-hydrogen) atoms. The van der Waals surface area contributed by atoms with Crippen molar-refractivity contribution >= 4 is 11.6 Å². The van der Waals surface area contributed by atoms with E-state index < -0.39 is 33.9 Å². The second kappa shape index (κ2) is 7.83. The smallest absolute Gasteiger partial charge is 0.145 e. The van der Waals surface area contributed by atoms with Crippen molar-refractivity contribution in [2.75, 3.05) is 0 Å². The first kappa shape index (κ1) is 20.0. The number of fused-ring (bicyclic) bond motifs is 3. The minimum atomic E-state index is -1.05. The van der Waals surface area contributed by atoms with Gasteiger partial charge in [0.2, 0.25) is 0 Å². The molecule has 3 aromatic rings. The molecule has 5 heteroatoms. The zero-order valence-electron chi connectivity index (χ0n) is 15.9. The molecule has 0 saturated carbocycles. The summed E-state index contributed by atoms with van der Waals surface area (Å²) in [5, 5.41) is -0.694. The van der Waals surface area contributed by atoms with Crippen molar-refractivity contribution in [3.8, 4) is 22.3 Å².